The van der Waals surface area contributed by atoms with E-state index in [2.05, 4.69) is 27.7 Å². The Labute approximate surface area is 234 Å². The fraction of sp³-hybridized carbons (Fsp3) is 0.452. The monoisotopic (exact) mass is 548 g/mol. The van der Waals surface area contributed by atoms with Crippen molar-refractivity contribution < 1.29 is 14.0 Å². The van der Waals surface area contributed by atoms with Crippen molar-refractivity contribution in [1.29, 1.82) is 0 Å². The van der Waals surface area contributed by atoms with Crippen molar-refractivity contribution in [2.45, 2.75) is 58.1 Å². The Kier molecular flexibility index (Phi) is 7.60. The van der Waals surface area contributed by atoms with Gasteiger partial charge >= 0.3 is 0 Å². The smallest absolute Gasteiger partial charge is 0.242 e. The van der Waals surface area contributed by atoms with Gasteiger partial charge in [-0.1, -0.05) is 52.0 Å². The number of aromatic nitrogens is 2. The van der Waals surface area contributed by atoms with Crippen LogP contribution in [-0.2, 0) is 15.0 Å². The molecule has 5 rings (SSSR count). The summed E-state index contributed by atoms with van der Waals surface area (Å²) < 4.78 is 15.7. The summed E-state index contributed by atoms with van der Waals surface area (Å²) in [5.41, 5.74) is 4.24. The minimum atomic E-state index is -0.343. The van der Waals surface area contributed by atoms with Gasteiger partial charge in [0, 0.05) is 24.1 Å². The first-order valence-electron chi connectivity index (χ1n) is 13.7. The number of halogens is 1. The molecule has 0 aliphatic carbocycles. The summed E-state index contributed by atoms with van der Waals surface area (Å²) in [6, 6.07) is 14.5. The lowest BCUT2D eigenvalue weighted by atomic mass is 9.87. The Morgan fingerprint density at radius 3 is 2.44 bits per heavy atom. The molecule has 0 saturated carbocycles. The molecule has 1 atom stereocenters. The number of thioether (sulfide) groups is 1. The number of carbonyl (C=O) groups is 2. The molecule has 6 nitrogen and oxygen atoms in total. The third-order valence-corrected chi connectivity index (χ3v) is 8.90. The topological polar surface area (TPSA) is 58.4 Å². The maximum absolute atomic E-state index is 13.9. The molecule has 3 aromatic rings. The van der Waals surface area contributed by atoms with E-state index in [1.807, 2.05) is 40.8 Å². The molecule has 39 heavy (non-hydrogen) atoms. The Bertz CT molecular complexity index is 1370. The first kappa shape index (κ1) is 27.4. The maximum Gasteiger partial charge on any atom is 0.242 e. The molecule has 0 bridgehead atoms. The Morgan fingerprint density at radius 2 is 1.79 bits per heavy atom. The van der Waals surface area contributed by atoms with Gasteiger partial charge in [0.15, 0.2) is 0 Å². The van der Waals surface area contributed by atoms with Crippen molar-refractivity contribution in [2.24, 2.45) is 5.92 Å². The Balaban J connectivity index is 1.70. The number of hydrogen-bond acceptors (Lipinski definition) is 4. The zero-order chi connectivity index (χ0) is 27.9. The van der Waals surface area contributed by atoms with E-state index in [-0.39, 0.29) is 40.6 Å². The summed E-state index contributed by atoms with van der Waals surface area (Å²) in [5.74, 6) is 0.972. The van der Waals surface area contributed by atoms with Gasteiger partial charge < -0.3 is 4.90 Å². The van der Waals surface area contributed by atoms with Crippen LogP contribution in [-0.4, -0.2) is 51.9 Å². The maximum atomic E-state index is 13.9. The van der Waals surface area contributed by atoms with Crippen LogP contribution in [0.3, 0.4) is 0 Å². The van der Waals surface area contributed by atoms with Gasteiger partial charge in [-0.3, -0.25) is 14.5 Å². The van der Waals surface area contributed by atoms with Crippen molar-refractivity contribution in [2.75, 3.05) is 30.3 Å². The SMILES string of the molecule is Cc1cccc(-n2nc(C(C)(C)C)c3c2N(CC(=O)N2CCC(C)CC2)C(=O)CS[C@H]3c2ccc(F)cc2)c1. The zero-order valence-electron chi connectivity index (χ0n) is 23.4. The lowest BCUT2D eigenvalue weighted by molar-refractivity contribution is -0.132. The van der Waals surface area contributed by atoms with E-state index in [0.717, 1.165) is 40.9 Å². The van der Waals surface area contributed by atoms with E-state index >= 15 is 0 Å². The summed E-state index contributed by atoms with van der Waals surface area (Å²) in [6.07, 6.45) is 1.95. The van der Waals surface area contributed by atoms with Crippen molar-refractivity contribution in [3.05, 3.63) is 76.7 Å². The van der Waals surface area contributed by atoms with Crippen molar-refractivity contribution >= 4 is 29.4 Å². The molecule has 0 N–H and O–H groups in total. The van der Waals surface area contributed by atoms with Gasteiger partial charge in [-0.25, -0.2) is 9.07 Å². The van der Waals surface area contributed by atoms with Crippen LogP contribution in [0.5, 0.6) is 0 Å². The molecule has 8 heteroatoms. The Hall–Kier alpha value is -3.13. The molecule has 2 aliphatic rings. The molecule has 0 unspecified atom stereocenters. The molecule has 1 saturated heterocycles. The summed E-state index contributed by atoms with van der Waals surface area (Å²) in [5, 5.41) is 4.89. The lowest BCUT2D eigenvalue weighted by Gasteiger charge is -2.32. The highest BCUT2D eigenvalue weighted by molar-refractivity contribution is 8.00. The van der Waals surface area contributed by atoms with E-state index in [9.17, 15) is 14.0 Å². The van der Waals surface area contributed by atoms with Crippen LogP contribution >= 0.6 is 11.8 Å². The predicted octanol–water partition coefficient (Wildman–Crippen LogP) is 6.05. The molecule has 0 radical (unpaired) electrons. The number of amides is 2. The van der Waals surface area contributed by atoms with E-state index < -0.39 is 0 Å². The first-order valence-corrected chi connectivity index (χ1v) is 14.7. The van der Waals surface area contributed by atoms with Crippen LogP contribution < -0.4 is 4.90 Å². The number of benzene rings is 2. The van der Waals surface area contributed by atoms with E-state index in [1.165, 1.54) is 23.9 Å². The van der Waals surface area contributed by atoms with Gasteiger partial charge in [-0.05, 0) is 61.1 Å². The number of hydrogen-bond donors (Lipinski definition) is 0. The highest BCUT2D eigenvalue weighted by Gasteiger charge is 2.40. The molecule has 1 fully saturated rings. The standard InChI is InChI=1S/C31H37FN4O2S/c1-20-13-15-34(16-14-20)25(37)18-35-26(38)19-39-28(22-9-11-23(32)12-10-22)27-29(31(3,4)5)33-36(30(27)35)24-8-6-7-21(2)17-24/h6-12,17,20,28H,13-16,18-19H2,1-5H3/t28-/m0/s1. The van der Waals surface area contributed by atoms with Crippen LogP contribution in [0.25, 0.3) is 5.69 Å². The second-order valence-corrected chi connectivity index (χ2v) is 13.0. The van der Waals surface area contributed by atoms with Gasteiger partial charge in [0.25, 0.3) is 0 Å². The number of carbonyl (C=O) groups excluding carboxylic acids is 2. The number of aryl methyl sites for hydroxylation is 1. The van der Waals surface area contributed by atoms with Crippen molar-refractivity contribution in [1.82, 2.24) is 14.7 Å². The lowest BCUT2D eigenvalue weighted by Crippen LogP contribution is -2.46. The van der Waals surface area contributed by atoms with Crippen LogP contribution in [0.1, 0.15) is 68.2 Å². The number of anilines is 1. The quantitative estimate of drug-likeness (QED) is 0.399. The number of nitrogens with zero attached hydrogens (tertiary/aromatic N) is 4. The zero-order valence-corrected chi connectivity index (χ0v) is 24.2. The highest BCUT2D eigenvalue weighted by Crippen LogP contribution is 2.48. The number of likely N-dealkylation sites (tertiary alicyclic amines) is 1. The average Bonchev–Trinajstić information content (AvgIpc) is 3.23. The van der Waals surface area contributed by atoms with Gasteiger partial charge in [0.1, 0.15) is 18.2 Å². The van der Waals surface area contributed by atoms with Crippen molar-refractivity contribution in [3.8, 4) is 5.69 Å². The Morgan fingerprint density at radius 1 is 1.10 bits per heavy atom. The fourth-order valence-corrected chi connectivity index (χ4v) is 6.61. The van der Waals surface area contributed by atoms with Crippen LogP contribution in [0.2, 0.25) is 0 Å². The molecule has 2 aliphatic heterocycles. The number of fused-ring (bicyclic) bond motifs is 1. The molecule has 2 aromatic carbocycles. The fourth-order valence-electron chi connectivity index (χ4n) is 5.41. The third-order valence-electron chi connectivity index (χ3n) is 7.65. The number of rotatable bonds is 4. The molecular formula is C31H37FN4O2S. The summed E-state index contributed by atoms with van der Waals surface area (Å²) >= 11 is 1.51. The predicted molar refractivity (Wildman–Crippen MR) is 155 cm³/mol. The van der Waals surface area contributed by atoms with Gasteiger partial charge in [0.2, 0.25) is 11.8 Å². The average molecular weight is 549 g/mol. The second kappa shape index (κ2) is 10.8. The van der Waals surface area contributed by atoms with E-state index in [0.29, 0.717) is 24.8 Å². The second-order valence-electron chi connectivity index (χ2n) is 11.9. The highest BCUT2D eigenvalue weighted by atomic mass is 32.2. The first-order chi connectivity index (χ1) is 18.5. The molecule has 206 valence electrons. The summed E-state index contributed by atoms with van der Waals surface area (Å²) in [7, 11) is 0. The molecule has 2 amide bonds. The normalized spacial score (nSPS) is 18.7. The molecule has 3 heterocycles. The number of piperidine rings is 1. The van der Waals surface area contributed by atoms with Gasteiger partial charge in [0.05, 0.1) is 22.4 Å². The van der Waals surface area contributed by atoms with E-state index in [1.54, 1.807) is 17.0 Å². The largest absolute Gasteiger partial charge is 0.341 e. The minimum Gasteiger partial charge on any atom is -0.341 e. The minimum absolute atomic E-state index is 0.0298. The molecule has 1 aromatic heterocycles. The van der Waals surface area contributed by atoms with Crippen LogP contribution in [0, 0.1) is 18.7 Å². The van der Waals surface area contributed by atoms with Gasteiger partial charge in [-0.15, -0.1) is 11.8 Å². The van der Waals surface area contributed by atoms with Crippen molar-refractivity contribution in [3.63, 3.8) is 0 Å². The van der Waals surface area contributed by atoms with Crippen LogP contribution in [0.4, 0.5) is 10.2 Å². The molecule has 0 spiro atoms. The summed E-state index contributed by atoms with van der Waals surface area (Å²) in [4.78, 5) is 30.9. The molecular weight excluding hydrogens is 511 g/mol. The van der Waals surface area contributed by atoms with Crippen LogP contribution in [0.15, 0.2) is 48.5 Å². The summed E-state index contributed by atoms with van der Waals surface area (Å²) in [6.45, 7) is 12.0. The van der Waals surface area contributed by atoms with Gasteiger partial charge in [-0.2, -0.15) is 5.10 Å². The third kappa shape index (κ3) is 5.62. The van der Waals surface area contributed by atoms with E-state index in [4.69, 9.17) is 5.10 Å².